The highest BCUT2D eigenvalue weighted by Crippen LogP contribution is 2.27. The summed E-state index contributed by atoms with van der Waals surface area (Å²) in [6.45, 7) is 2.18. The van der Waals surface area contributed by atoms with Gasteiger partial charge in [-0.05, 0) is 30.5 Å². The lowest BCUT2D eigenvalue weighted by atomic mass is 9.85. The van der Waals surface area contributed by atoms with Crippen molar-refractivity contribution in [3.63, 3.8) is 0 Å². The van der Waals surface area contributed by atoms with Crippen LogP contribution in [0.25, 0.3) is 0 Å². The van der Waals surface area contributed by atoms with Crippen molar-refractivity contribution in [3.05, 3.63) is 29.8 Å². The molecular formula is C17H24ClN3O3. The molecule has 2 fully saturated rings. The molecular weight excluding hydrogens is 330 g/mol. The van der Waals surface area contributed by atoms with E-state index in [0.29, 0.717) is 26.3 Å². The lowest BCUT2D eigenvalue weighted by Crippen LogP contribution is -2.51. The van der Waals surface area contributed by atoms with E-state index in [1.165, 1.54) is 0 Å². The first kappa shape index (κ1) is 18.7. The lowest BCUT2D eigenvalue weighted by molar-refractivity contribution is -0.126. The predicted molar refractivity (Wildman–Crippen MR) is 94.1 cm³/mol. The Morgan fingerprint density at radius 3 is 2.75 bits per heavy atom. The molecule has 1 aliphatic carbocycles. The zero-order chi connectivity index (χ0) is 16.1. The number of hydrogen-bond acceptors (Lipinski definition) is 4. The molecule has 1 aromatic rings. The molecule has 1 aromatic carbocycles. The van der Waals surface area contributed by atoms with E-state index >= 15 is 0 Å². The van der Waals surface area contributed by atoms with Crippen molar-refractivity contribution in [2.24, 2.45) is 5.92 Å². The van der Waals surface area contributed by atoms with E-state index in [2.05, 4.69) is 16.0 Å². The molecule has 0 radical (unpaired) electrons. The van der Waals surface area contributed by atoms with E-state index in [0.717, 1.165) is 30.5 Å². The van der Waals surface area contributed by atoms with Crippen LogP contribution in [0.15, 0.2) is 24.3 Å². The van der Waals surface area contributed by atoms with Gasteiger partial charge in [0.2, 0.25) is 11.8 Å². The average molecular weight is 354 g/mol. The monoisotopic (exact) mass is 353 g/mol. The summed E-state index contributed by atoms with van der Waals surface area (Å²) >= 11 is 0. The number of carbonyl (C=O) groups is 2. The number of benzene rings is 1. The fraction of sp³-hybridized carbons (Fsp3) is 0.529. The Balaban J connectivity index is 0.00000208. The summed E-state index contributed by atoms with van der Waals surface area (Å²) in [4.78, 5) is 24.0. The average Bonchev–Trinajstić information content (AvgIpc) is 2.52. The van der Waals surface area contributed by atoms with E-state index < -0.39 is 0 Å². The van der Waals surface area contributed by atoms with Gasteiger partial charge in [-0.25, -0.2) is 0 Å². The van der Waals surface area contributed by atoms with Gasteiger partial charge in [0, 0.05) is 24.7 Å². The van der Waals surface area contributed by atoms with E-state index in [4.69, 9.17) is 4.74 Å². The third-order valence-electron chi connectivity index (χ3n) is 4.38. The smallest absolute Gasteiger partial charge is 0.239 e. The predicted octanol–water partition coefficient (Wildman–Crippen LogP) is 1.45. The van der Waals surface area contributed by atoms with Gasteiger partial charge in [-0.1, -0.05) is 18.6 Å². The standard InChI is InChI=1S/C17H23N3O3.ClH/c21-16(13-4-2-5-13)20-14-6-1-3-12(9-14)10-19-17(22)15-11-23-8-7-18-15;/h1,3,6,9,13,15,18H,2,4-5,7-8,10-11H2,(H,19,22)(H,20,21);1H. The van der Waals surface area contributed by atoms with Gasteiger partial charge in [0.15, 0.2) is 0 Å². The van der Waals surface area contributed by atoms with Crippen LogP contribution in [0.2, 0.25) is 0 Å². The third-order valence-corrected chi connectivity index (χ3v) is 4.38. The number of rotatable bonds is 5. The molecule has 1 saturated carbocycles. The zero-order valence-corrected chi connectivity index (χ0v) is 14.4. The van der Waals surface area contributed by atoms with Crippen molar-refractivity contribution >= 4 is 29.9 Å². The van der Waals surface area contributed by atoms with Crippen molar-refractivity contribution in [3.8, 4) is 0 Å². The van der Waals surface area contributed by atoms with Gasteiger partial charge >= 0.3 is 0 Å². The maximum atomic E-state index is 12.0. The molecule has 1 unspecified atom stereocenters. The highest BCUT2D eigenvalue weighted by atomic mass is 35.5. The van der Waals surface area contributed by atoms with Crippen LogP contribution in [-0.2, 0) is 20.9 Å². The summed E-state index contributed by atoms with van der Waals surface area (Å²) in [5.74, 6) is 0.199. The number of hydrogen-bond donors (Lipinski definition) is 3. The van der Waals surface area contributed by atoms with Gasteiger partial charge < -0.3 is 20.7 Å². The molecule has 3 rings (SSSR count). The molecule has 7 heteroatoms. The number of amides is 2. The minimum atomic E-state index is -0.287. The number of nitrogens with one attached hydrogen (secondary N) is 3. The first-order valence-corrected chi connectivity index (χ1v) is 8.21. The Hall–Kier alpha value is -1.63. The maximum Gasteiger partial charge on any atom is 0.239 e. The molecule has 3 N–H and O–H groups in total. The minimum absolute atomic E-state index is 0. The SMILES string of the molecule is Cl.O=C(Nc1cccc(CNC(=O)C2COCCN2)c1)C1CCC1. The highest BCUT2D eigenvalue weighted by Gasteiger charge is 2.25. The number of anilines is 1. The molecule has 0 spiro atoms. The Morgan fingerprint density at radius 1 is 1.25 bits per heavy atom. The summed E-state index contributed by atoms with van der Waals surface area (Å²) in [5, 5.41) is 8.98. The Morgan fingerprint density at radius 2 is 2.08 bits per heavy atom. The molecule has 1 aliphatic heterocycles. The highest BCUT2D eigenvalue weighted by molar-refractivity contribution is 5.93. The first-order valence-electron chi connectivity index (χ1n) is 8.21. The van der Waals surface area contributed by atoms with Crippen LogP contribution >= 0.6 is 12.4 Å². The normalized spacial score (nSPS) is 20.4. The fourth-order valence-corrected chi connectivity index (χ4v) is 2.72. The Bertz CT molecular complexity index is 572. The van der Waals surface area contributed by atoms with Crippen LogP contribution in [0.3, 0.4) is 0 Å². The molecule has 132 valence electrons. The van der Waals surface area contributed by atoms with Crippen LogP contribution < -0.4 is 16.0 Å². The van der Waals surface area contributed by atoms with E-state index in [1.807, 2.05) is 24.3 Å². The van der Waals surface area contributed by atoms with Crippen molar-refractivity contribution < 1.29 is 14.3 Å². The number of ether oxygens (including phenoxy) is 1. The van der Waals surface area contributed by atoms with Crippen molar-refractivity contribution in [1.82, 2.24) is 10.6 Å². The molecule has 6 nitrogen and oxygen atoms in total. The van der Waals surface area contributed by atoms with Crippen molar-refractivity contribution in [1.29, 1.82) is 0 Å². The van der Waals surface area contributed by atoms with E-state index in [-0.39, 0.29) is 36.2 Å². The van der Waals surface area contributed by atoms with Crippen LogP contribution in [0.5, 0.6) is 0 Å². The quantitative estimate of drug-likeness (QED) is 0.748. The third kappa shape index (κ3) is 4.93. The van der Waals surface area contributed by atoms with Crippen LogP contribution in [0.4, 0.5) is 5.69 Å². The van der Waals surface area contributed by atoms with Crippen molar-refractivity contribution in [2.45, 2.75) is 31.8 Å². The van der Waals surface area contributed by atoms with Crippen LogP contribution in [0, 0.1) is 5.92 Å². The molecule has 2 aliphatic rings. The first-order chi connectivity index (χ1) is 11.2. The molecule has 1 atom stereocenters. The largest absolute Gasteiger partial charge is 0.378 e. The summed E-state index contributed by atoms with van der Waals surface area (Å²) in [6, 6.07) is 7.31. The molecule has 0 bridgehead atoms. The lowest BCUT2D eigenvalue weighted by Gasteiger charge is -2.24. The zero-order valence-electron chi connectivity index (χ0n) is 13.5. The Labute approximate surface area is 148 Å². The van der Waals surface area contributed by atoms with Gasteiger partial charge in [-0.2, -0.15) is 0 Å². The molecule has 24 heavy (non-hydrogen) atoms. The summed E-state index contributed by atoms with van der Waals surface area (Å²) in [7, 11) is 0. The van der Waals surface area contributed by atoms with Gasteiger partial charge in [0.05, 0.1) is 13.2 Å². The maximum absolute atomic E-state index is 12.0. The molecule has 0 aromatic heterocycles. The van der Waals surface area contributed by atoms with Crippen LogP contribution in [-0.4, -0.2) is 37.6 Å². The van der Waals surface area contributed by atoms with Gasteiger partial charge in [-0.3, -0.25) is 9.59 Å². The van der Waals surface area contributed by atoms with E-state index in [9.17, 15) is 9.59 Å². The number of halogens is 1. The summed E-state index contributed by atoms with van der Waals surface area (Å²) in [5.41, 5.74) is 1.74. The summed E-state index contributed by atoms with van der Waals surface area (Å²) in [6.07, 6.45) is 3.11. The fourth-order valence-electron chi connectivity index (χ4n) is 2.72. The second-order valence-electron chi connectivity index (χ2n) is 6.12. The number of carbonyl (C=O) groups excluding carboxylic acids is 2. The molecule has 1 saturated heterocycles. The van der Waals surface area contributed by atoms with Gasteiger partial charge in [0.1, 0.15) is 6.04 Å². The van der Waals surface area contributed by atoms with Gasteiger partial charge in [0.25, 0.3) is 0 Å². The molecule has 1 heterocycles. The van der Waals surface area contributed by atoms with Gasteiger partial charge in [-0.15, -0.1) is 12.4 Å². The number of morpholine rings is 1. The topological polar surface area (TPSA) is 79.5 Å². The van der Waals surface area contributed by atoms with E-state index in [1.54, 1.807) is 0 Å². The minimum Gasteiger partial charge on any atom is -0.378 e. The summed E-state index contributed by atoms with van der Waals surface area (Å²) < 4.78 is 5.29. The molecule has 2 amide bonds. The van der Waals surface area contributed by atoms with Crippen LogP contribution in [0.1, 0.15) is 24.8 Å². The Kier molecular flexibility index (Phi) is 7.02. The second kappa shape index (κ2) is 9.01. The van der Waals surface area contributed by atoms with Crippen molar-refractivity contribution in [2.75, 3.05) is 25.1 Å². The second-order valence-corrected chi connectivity index (χ2v) is 6.12.